The molecule has 1 rings (SSSR count). The van der Waals surface area contributed by atoms with Crippen LogP contribution in [-0.4, -0.2) is 21.6 Å². The lowest BCUT2D eigenvalue weighted by Gasteiger charge is -2.39. The Morgan fingerprint density at radius 3 is 2.05 bits per heavy atom. The van der Waals surface area contributed by atoms with E-state index in [1.807, 2.05) is 0 Å². The van der Waals surface area contributed by atoms with Crippen LogP contribution in [0.1, 0.15) is 19.4 Å². The van der Waals surface area contributed by atoms with E-state index in [0.29, 0.717) is 21.6 Å². The summed E-state index contributed by atoms with van der Waals surface area (Å²) in [4.78, 5) is 0. The average Bonchev–Trinajstić information content (AvgIpc) is 2.38. The fraction of sp³-hybridized carbons (Fsp3) is 0.429. The fourth-order valence-corrected chi connectivity index (χ4v) is 3.97. The first-order valence-corrected chi connectivity index (χ1v) is 8.37. The van der Waals surface area contributed by atoms with Crippen molar-refractivity contribution in [2.75, 3.05) is 13.1 Å². The van der Waals surface area contributed by atoms with Gasteiger partial charge in [-0.15, -0.1) is 6.42 Å². The highest BCUT2D eigenvalue weighted by molar-refractivity contribution is 14.1. The molecule has 1 atom stereocenters. The summed E-state index contributed by atoms with van der Waals surface area (Å²) in [5, 5.41) is 1.75. The van der Waals surface area contributed by atoms with Gasteiger partial charge in [-0.25, -0.2) is 0 Å². The van der Waals surface area contributed by atoms with Gasteiger partial charge in [0.25, 0.3) is 0 Å². The number of terminal acetylenes is 1. The first-order valence-electron chi connectivity index (χ1n) is 5.99. The standard InChI is InChI=1S/C14H16Cl3IN/c1-4-14(18)19(5-2,6-3)9-11-12(16)7-10(15)8-13(11)17/h1,7-8,14H,5-6,9H2,2-3H3/q+1. The van der Waals surface area contributed by atoms with Crippen molar-refractivity contribution >= 4 is 57.4 Å². The summed E-state index contributed by atoms with van der Waals surface area (Å²) in [5.74, 6) is 2.82. The fourth-order valence-electron chi connectivity index (χ4n) is 2.04. The molecular weight excluding hydrogens is 415 g/mol. The molecule has 5 heteroatoms. The van der Waals surface area contributed by atoms with E-state index in [1.165, 1.54) is 0 Å². The van der Waals surface area contributed by atoms with Gasteiger partial charge in [0, 0.05) is 33.2 Å². The third-order valence-corrected chi connectivity index (χ3v) is 5.89. The molecule has 0 N–H and O–H groups in total. The van der Waals surface area contributed by atoms with Gasteiger partial charge in [0.05, 0.1) is 23.1 Å². The monoisotopic (exact) mass is 430 g/mol. The molecule has 0 aliphatic carbocycles. The van der Waals surface area contributed by atoms with Crippen LogP contribution in [0.3, 0.4) is 0 Å². The maximum Gasteiger partial charge on any atom is 0.200 e. The van der Waals surface area contributed by atoms with Crippen LogP contribution in [0.2, 0.25) is 15.1 Å². The normalized spacial score (nSPS) is 13.1. The van der Waals surface area contributed by atoms with E-state index in [1.54, 1.807) is 12.1 Å². The Labute approximate surface area is 143 Å². The Morgan fingerprint density at radius 2 is 1.68 bits per heavy atom. The number of halogens is 4. The van der Waals surface area contributed by atoms with Gasteiger partial charge in [0.15, 0.2) is 0 Å². The van der Waals surface area contributed by atoms with Crippen molar-refractivity contribution in [3.8, 4) is 12.3 Å². The van der Waals surface area contributed by atoms with Crippen molar-refractivity contribution in [2.45, 2.75) is 24.4 Å². The summed E-state index contributed by atoms with van der Waals surface area (Å²) in [6, 6.07) is 3.45. The van der Waals surface area contributed by atoms with Gasteiger partial charge in [-0.2, -0.15) is 0 Å². The van der Waals surface area contributed by atoms with Crippen LogP contribution in [-0.2, 0) is 6.54 Å². The maximum absolute atomic E-state index is 6.27. The molecule has 0 aromatic heterocycles. The van der Waals surface area contributed by atoms with Crippen molar-refractivity contribution in [1.29, 1.82) is 0 Å². The highest BCUT2D eigenvalue weighted by Crippen LogP contribution is 2.33. The van der Waals surface area contributed by atoms with Crippen LogP contribution < -0.4 is 0 Å². The number of nitrogens with zero attached hydrogens (tertiary/aromatic N) is 1. The van der Waals surface area contributed by atoms with Gasteiger partial charge in [-0.1, -0.05) is 34.8 Å². The first-order chi connectivity index (χ1) is 8.90. The molecule has 0 fully saturated rings. The van der Waals surface area contributed by atoms with Gasteiger partial charge < -0.3 is 0 Å². The molecule has 0 aliphatic rings. The topological polar surface area (TPSA) is 0 Å². The summed E-state index contributed by atoms with van der Waals surface area (Å²) >= 11 is 20.8. The van der Waals surface area contributed by atoms with E-state index in [4.69, 9.17) is 41.2 Å². The summed E-state index contributed by atoms with van der Waals surface area (Å²) < 4.78 is 0.827. The highest BCUT2D eigenvalue weighted by atomic mass is 127. The molecule has 0 spiro atoms. The van der Waals surface area contributed by atoms with Gasteiger partial charge in [-0.05, 0) is 31.9 Å². The largest absolute Gasteiger partial charge is 0.299 e. The third-order valence-electron chi connectivity index (χ3n) is 3.46. The van der Waals surface area contributed by atoms with E-state index < -0.39 is 0 Å². The van der Waals surface area contributed by atoms with Crippen molar-refractivity contribution in [3.05, 3.63) is 32.8 Å². The van der Waals surface area contributed by atoms with Crippen molar-refractivity contribution in [1.82, 2.24) is 0 Å². The lowest BCUT2D eigenvalue weighted by molar-refractivity contribution is -0.936. The quantitative estimate of drug-likeness (QED) is 0.193. The molecule has 1 aromatic rings. The molecular formula is C14H16Cl3IN+. The predicted octanol–water partition coefficient (Wildman–Crippen LogP) is 5.40. The Bertz CT molecular complexity index is 469. The van der Waals surface area contributed by atoms with Crippen LogP contribution in [0.25, 0.3) is 0 Å². The lowest BCUT2D eigenvalue weighted by Crippen LogP contribution is -2.51. The van der Waals surface area contributed by atoms with Gasteiger partial charge in [0.2, 0.25) is 4.05 Å². The molecule has 1 unspecified atom stereocenters. The zero-order chi connectivity index (χ0) is 14.6. The molecule has 1 nitrogen and oxygen atoms in total. The molecule has 1 aromatic carbocycles. The Kier molecular flexibility index (Phi) is 6.75. The SMILES string of the molecule is C#CC(I)[N+](CC)(CC)Cc1c(Cl)cc(Cl)cc1Cl. The van der Waals surface area contributed by atoms with E-state index in [2.05, 4.69) is 42.4 Å². The van der Waals surface area contributed by atoms with Crippen LogP contribution in [0.4, 0.5) is 0 Å². The van der Waals surface area contributed by atoms with Crippen molar-refractivity contribution < 1.29 is 4.48 Å². The Balaban J connectivity index is 3.22. The second-order valence-corrected chi connectivity index (χ2v) is 6.79. The third kappa shape index (κ3) is 3.92. The van der Waals surface area contributed by atoms with Gasteiger partial charge in [-0.3, -0.25) is 4.48 Å². The predicted molar refractivity (Wildman–Crippen MR) is 93.2 cm³/mol. The lowest BCUT2D eigenvalue weighted by atomic mass is 10.1. The number of quaternary nitrogens is 1. The van der Waals surface area contributed by atoms with Crippen molar-refractivity contribution in [3.63, 3.8) is 0 Å². The number of benzene rings is 1. The summed E-state index contributed by atoms with van der Waals surface area (Å²) in [6.45, 7) is 6.81. The smallest absolute Gasteiger partial charge is 0.200 e. The van der Waals surface area contributed by atoms with E-state index in [0.717, 1.165) is 23.1 Å². The minimum absolute atomic E-state index is 0.0791. The first kappa shape index (κ1) is 17.4. The van der Waals surface area contributed by atoms with Crippen molar-refractivity contribution in [2.24, 2.45) is 0 Å². The van der Waals surface area contributed by atoms with E-state index in [-0.39, 0.29) is 4.05 Å². The Hall–Kier alpha value is 0.340. The van der Waals surface area contributed by atoms with Gasteiger partial charge in [0.1, 0.15) is 6.54 Å². The van der Waals surface area contributed by atoms with E-state index >= 15 is 0 Å². The number of alkyl halides is 1. The zero-order valence-electron chi connectivity index (χ0n) is 10.9. The molecule has 0 saturated heterocycles. The van der Waals surface area contributed by atoms with Crippen LogP contribution in [0.15, 0.2) is 12.1 Å². The Morgan fingerprint density at radius 1 is 1.21 bits per heavy atom. The summed E-state index contributed by atoms with van der Waals surface area (Å²) in [7, 11) is 0. The minimum atomic E-state index is 0.0791. The minimum Gasteiger partial charge on any atom is -0.299 e. The molecule has 0 aliphatic heterocycles. The molecule has 0 heterocycles. The molecule has 19 heavy (non-hydrogen) atoms. The molecule has 0 radical (unpaired) electrons. The van der Waals surface area contributed by atoms with E-state index in [9.17, 15) is 0 Å². The maximum atomic E-state index is 6.27. The summed E-state index contributed by atoms with van der Waals surface area (Å²) in [6.07, 6.45) is 5.60. The summed E-state index contributed by atoms with van der Waals surface area (Å²) in [5.41, 5.74) is 0.911. The molecule has 0 amide bonds. The second-order valence-electron chi connectivity index (χ2n) is 4.36. The van der Waals surface area contributed by atoms with Crippen LogP contribution in [0, 0.1) is 12.3 Å². The highest BCUT2D eigenvalue weighted by Gasteiger charge is 2.32. The number of rotatable bonds is 5. The van der Waals surface area contributed by atoms with Crippen LogP contribution in [0.5, 0.6) is 0 Å². The molecule has 104 valence electrons. The number of hydrogen-bond donors (Lipinski definition) is 0. The molecule has 0 saturated carbocycles. The van der Waals surface area contributed by atoms with Gasteiger partial charge >= 0.3 is 0 Å². The zero-order valence-corrected chi connectivity index (χ0v) is 15.3. The molecule has 0 bridgehead atoms. The number of hydrogen-bond acceptors (Lipinski definition) is 0. The average molecular weight is 432 g/mol. The second kappa shape index (κ2) is 7.38. The van der Waals surface area contributed by atoms with Crippen LogP contribution >= 0.6 is 57.4 Å².